The predicted molar refractivity (Wildman–Crippen MR) is 79.9 cm³/mol. The third kappa shape index (κ3) is 4.97. The molecule has 94 valence electrons. The molecule has 1 nitrogen and oxygen atoms in total. The first-order valence-corrected chi connectivity index (χ1v) is 7.29. The summed E-state index contributed by atoms with van der Waals surface area (Å²) in [7, 11) is 0. The van der Waals surface area contributed by atoms with Gasteiger partial charge in [-0.3, -0.25) is 0 Å². The Morgan fingerprint density at radius 1 is 1.41 bits per heavy atom. The molecule has 0 fully saturated rings. The van der Waals surface area contributed by atoms with Gasteiger partial charge in [-0.15, -0.1) is 6.58 Å². The highest BCUT2D eigenvalue weighted by Crippen LogP contribution is 2.18. The highest BCUT2D eigenvalue weighted by molar-refractivity contribution is 7.99. The third-order valence-electron chi connectivity index (χ3n) is 2.83. The van der Waals surface area contributed by atoms with Crippen LogP contribution in [0.3, 0.4) is 0 Å². The Morgan fingerprint density at radius 2 is 2.18 bits per heavy atom. The first kappa shape index (κ1) is 14.3. The van der Waals surface area contributed by atoms with Crippen molar-refractivity contribution in [1.82, 2.24) is 5.32 Å². The number of rotatable bonds is 7. The molecule has 0 saturated carbocycles. The molecule has 0 aliphatic rings. The Balaban J connectivity index is 2.43. The van der Waals surface area contributed by atoms with Gasteiger partial charge in [0.05, 0.1) is 0 Å². The van der Waals surface area contributed by atoms with Crippen LogP contribution < -0.4 is 5.32 Å². The summed E-state index contributed by atoms with van der Waals surface area (Å²) in [4.78, 5) is 0. The topological polar surface area (TPSA) is 12.0 Å². The van der Waals surface area contributed by atoms with Crippen molar-refractivity contribution in [2.75, 3.05) is 18.1 Å². The van der Waals surface area contributed by atoms with E-state index in [1.165, 1.54) is 16.7 Å². The minimum atomic E-state index is 0.430. The second kappa shape index (κ2) is 7.57. The van der Waals surface area contributed by atoms with Crippen LogP contribution in [0.25, 0.3) is 0 Å². The summed E-state index contributed by atoms with van der Waals surface area (Å²) < 4.78 is 0. The van der Waals surface area contributed by atoms with Gasteiger partial charge in [-0.1, -0.05) is 29.8 Å². The van der Waals surface area contributed by atoms with Crippen molar-refractivity contribution in [3.63, 3.8) is 0 Å². The quantitative estimate of drug-likeness (QED) is 0.581. The van der Waals surface area contributed by atoms with Gasteiger partial charge in [0.2, 0.25) is 0 Å². The van der Waals surface area contributed by atoms with Crippen molar-refractivity contribution in [1.29, 1.82) is 0 Å². The van der Waals surface area contributed by atoms with Gasteiger partial charge >= 0.3 is 0 Å². The van der Waals surface area contributed by atoms with Crippen molar-refractivity contribution < 1.29 is 0 Å². The fourth-order valence-electron chi connectivity index (χ4n) is 1.85. The minimum absolute atomic E-state index is 0.430. The maximum Gasteiger partial charge on any atom is 0.0294 e. The van der Waals surface area contributed by atoms with Crippen LogP contribution in [0.15, 0.2) is 30.9 Å². The van der Waals surface area contributed by atoms with Crippen LogP contribution in [0.4, 0.5) is 0 Å². The number of thioether (sulfide) groups is 1. The van der Waals surface area contributed by atoms with Crippen LogP contribution >= 0.6 is 11.8 Å². The van der Waals surface area contributed by atoms with Crippen molar-refractivity contribution in [3.8, 4) is 0 Å². The number of hydrogen-bond acceptors (Lipinski definition) is 2. The Bertz CT molecular complexity index is 360. The highest BCUT2D eigenvalue weighted by atomic mass is 32.2. The average molecular weight is 249 g/mol. The van der Waals surface area contributed by atoms with E-state index < -0.39 is 0 Å². The van der Waals surface area contributed by atoms with E-state index in [1.54, 1.807) is 0 Å². The molecule has 1 aromatic carbocycles. The molecule has 17 heavy (non-hydrogen) atoms. The largest absolute Gasteiger partial charge is 0.309 e. The van der Waals surface area contributed by atoms with Gasteiger partial charge in [0.1, 0.15) is 0 Å². The van der Waals surface area contributed by atoms with Crippen molar-refractivity contribution in [2.45, 2.75) is 26.8 Å². The molecule has 0 heterocycles. The highest BCUT2D eigenvalue weighted by Gasteiger charge is 2.07. The lowest BCUT2D eigenvalue weighted by Crippen LogP contribution is -2.22. The fraction of sp³-hybridized carbons (Fsp3) is 0.467. The van der Waals surface area contributed by atoms with Crippen LogP contribution in [0.1, 0.15) is 29.7 Å². The molecule has 0 aliphatic heterocycles. The monoisotopic (exact) mass is 249 g/mol. The standard InChI is InChI=1S/C15H23NS/c1-5-9-17-10-8-16-14(4)15-11-12(2)6-7-13(15)3/h5-7,11,14,16H,1,8-10H2,2-4H3. The molecule has 0 aromatic heterocycles. The second-order valence-corrected chi connectivity index (χ2v) is 5.55. The maximum atomic E-state index is 3.72. The Labute approximate surface area is 110 Å². The van der Waals surface area contributed by atoms with Gasteiger partial charge < -0.3 is 5.32 Å². The number of nitrogens with one attached hydrogen (secondary N) is 1. The molecule has 1 atom stereocenters. The van der Waals surface area contributed by atoms with Gasteiger partial charge in [0.25, 0.3) is 0 Å². The molecule has 0 amide bonds. The van der Waals surface area contributed by atoms with Crippen LogP contribution in [0.5, 0.6) is 0 Å². The minimum Gasteiger partial charge on any atom is -0.309 e. The van der Waals surface area contributed by atoms with E-state index >= 15 is 0 Å². The lowest BCUT2D eigenvalue weighted by atomic mass is 10.00. The fourth-order valence-corrected chi connectivity index (χ4v) is 2.45. The van der Waals surface area contributed by atoms with Crippen LogP contribution in [-0.2, 0) is 0 Å². The third-order valence-corrected chi connectivity index (χ3v) is 3.80. The van der Waals surface area contributed by atoms with E-state index in [0.29, 0.717) is 6.04 Å². The number of benzene rings is 1. The van der Waals surface area contributed by atoms with E-state index in [-0.39, 0.29) is 0 Å². The van der Waals surface area contributed by atoms with E-state index in [0.717, 1.165) is 18.1 Å². The Kier molecular flexibility index (Phi) is 6.38. The smallest absolute Gasteiger partial charge is 0.0294 e. The normalized spacial score (nSPS) is 12.4. The SMILES string of the molecule is C=CCSCCNC(C)c1cc(C)ccc1C. The lowest BCUT2D eigenvalue weighted by molar-refractivity contribution is 0.598. The maximum absolute atomic E-state index is 3.72. The molecular formula is C15H23NS. The van der Waals surface area contributed by atoms with Crippen LogP contribution in [0.2, 0.25) is 0 Å². The van der Waals surface area contributed by atoms with Crippen molar-refractivity contribution in [3.05, 3.63) is 47.5 Å². The summed E-state index contributed by atoms with van der Waals surface area (Å²) in [6, 6.07) is 7.09. The number of hydrogen-bond donors (Lipinski definition) is 1. The van der Waals surface area contributed by atoms with E-state index in [1.807, 2.05) is 17.8 Å². The van der Waals surface area contributed by atoms with E-state index in [2.05, 4.69) is 50.9 Å². The van der Waals surface area contributed by atoms with Crippen LogP contribution in [-0.4, -0.2) is 18.1 Å². The Hall–Kier alpha value is -0.730. The molecular weight excluding hydrogens is 226 g/mol. The first-order valence-electron chi connectivity index (χ1n) is 6.14. The molecule has 0 aliphatic carbocycles. The van der Waals surface area contributed by atoms with Gasteiger partial charge in [-0.2, -0.15) is 11.8 Å². The van der Waals surface area contributed by atoms with Gasteiger partial charge in [0.15, 0.2) is 0 Å². The molecule has 1 rings (SSSR count). The van der Waals surface area contributed by atoms with Gasteiger partial charge in [-0.05, 0) is 31.9 Å². The molecule has 0 bridgehead atoms. The first-order chi connectivity index (χ1) is 8.15. The summed E-state index contributed by atoms with van der Waals surface area (Å²) in [6.45, 7) is 11.3. The zero-order chi connectivity index (χ0) is 12.7. The lowest BCUT2D eigenvalue weighted by Gasteiger charge is -2.17. The zero-order valence-electron chi connectivity index (χ0n) is 11.1. The number of aryl methyl sites for hydroxylation is 2. The van der Waals surface area contributed by atoms with E-state index in [9.17, 15) is 0 Å². The average Bonchev–Trinajstić information content (AvgIpc) is 2.32. The molecule has 1 unspecified atom stereocenters. The van der Waals surface area contributed by atoms with Crippen molar-refractivity contribution in [2.24, 2.45) is 0 Å². The molecule has 1 aromatic rings. The molecule has 0 spiro atoms. The molecule has 2 heteroatoms. The summed E-state index contributed by atoms with van der Waals surface area (Å²) in [5, 5.41) is 3.57. The second-order valence-electron chi connectivity index (χ2n) is 4.40. The summed E-state index contributed by atoms with van der Waals surface area (Å²) in [6.07, 6.45) is 1.96. The summed E-state index contributed by atoms with van der Waals surface area (Å²) in [5.41, 5.74) is 4.12. The van der Waals surface area contributed by atoms with Crippen molar-refractivity contribution >= 4 is 11.8 Å². The van der Waals surface area contributed by atoms with Gasteiger partial charge in [-0.25, -0.2) is 0 Å². The zero-order valence-corrected chi connectivity index (χ0v) is 11.9. The molecule has 1 N–H and O–H groups in total. The van der Waals surface area contributed by atoms with Gasteiger partial charge in [0, 0.05) is 24.1 Å². The summed E-state index contributed by atoms with van der Waals surface area (Å²) in [5.74, 6) is 2.18. The molecule has 0 radical (unpaired) electrons. The van der Waals surface area contributed by atoms with Crippen LogP contribution in [0, 0.1) is 13.8 Å². The van der Waals surface area contributed by atoms with E-state index in [4.69, 9.17) is 0 Å². The molecule has 0 saturated heterocycles. The summed E-state index contributed by atoms with van der Waals surface area (Å²) >= 11 is 1.92. The predicted octanol–water partition coefficient (Wildman–Crippen LogP) is 3.87. The Morgan fingerprint density at radius 3 is 2.88 bits per heavy atom.